The maximum absolute atomic E-state index is 13.0. The van der Waals surface area contributed by atoms with Crippen LogP contribution in [0, 0.1) is 0 Å². The zero-order valence-corrected chi connectivity index (χ0v) is 13.2. The van der Waals surface area contributed by atoms with Crippen LogP contribution >= 0.6 is 0 Å². The van der Waals surface area contributed by atoms with Crippen molar-refractivity contribution in [3.05, 3.63) is 23.3 Å². The number of nitrogens with two attached hydrogens (primary N) is 1. The molecular formula is C16H25F2NO2. The van der Waals surface area contributed by atoms with Crippen LogP contribution in [-0.4, -0.2) is 26.2 Å². The summed E-state index contributed by atoms with van der Waals surface area (Å²) in [4.78, 5) is 0. The quantitative estimate of drug-likeness (QED) is 0.798. The van der Waals surface area contributed by atoms with E-state index in [0.29, 0.717) is 17.9 Å². The van der Waals surface area contributed by atoms with Crippen LogP contribution in [-0.2, 0) is 12.8 Å². The third-order valence-corrected chi connectivity index (χ3v) is 3.52. The van der Waals surface area contributed by atoms with Crippen LogP contribution < -0.4 is 15.2 Å². The van der Waals surface area contributed by atoms with E-state index in [4.69, 9.17) is 15.2 Å². The normalized spacial score (nSPS) is 13.1. The summed E-state index contributed by atoms with van der Waals surface area (Å²) in [7, 11) is 3.11. The second-order valence-electron chi connectivity index (χ2n) is 5.42. The maximum Gasteiger partial charge on any atom is 0.245 e. The molecule has 0 fully saturated rings. The summed E-state index contributed by atoms with van der Waals surface area (Å²) in [5.41, 5.74) is 7.65. The van der Waals surface area contributed by atoms with E-state index in [1.807, 2.05) is 13.0 Å². The molecule has 0 spiro atoms. The zero-order valence-electron chi connectivity index (χ0n) is 13.2. The average molecular weight is 301 g/mol. The molecule has 21 heavy (non-hydrogen) atoms. The summed E-state index contributed by atoms with van der Waals surface area (Å²) in [6, 6.07) is 3.66. The van der Waals surface area contributed by atoms with Crippen molar-refractivity contribution in [2.75, 3.05) is 14.2 Å². The first kappa shape index (κ1) is 17.7. The molecule has 1 rings (SSSR count). The molecule has 5 heteroatoms. The van der Waals surface area contributed by atoms with Gasteiger partial charge in [0.15, 0.2) is 0 Å². The van der Waals surface area contributed by atoms with E-state index in [-0.39, 0.29) is 18.9 Å². The molecule has 0 saturated heterocycles. The van der Waals surface area contributed by atoms with Crippen LogP contribution in [0.2, 0.25) is 0 Å². The van der Waals surface area contributed by atoms with Crippen molar-refractivity contribution in [3.8, 4) is 11.5 Å². The first-order chi connectivity index (χ1) is 9.80. The van der Waals surface area contributed by atoms with Gasteiger partial charge in [-0.25, -0.2) is 8.78 Å². The number of alkyl halides is 2. The van der Waals surface area contributed by atoms with Gasteiger partial charge in [0.05, 0.1) is 14.2 Å². The number of hydrogen-bond donors (Lipinski definition) is 1. The molecule has 1 unspecified atom stereocenters. The highest BCUT2D eigenvalue weighted by Crippen LogP contribution is 2.32. The van der Waals surface area contributed by atoms with Gasteiger partial charge in [0.2, 0.25) is 5.92 Å². The Kier molecular flexibility index (Phi) is 6.40. The van der Waals surface area contributed by atoms with Crippen LogP contribution in [0.3, 0.4) is 0 Å². The van der Waals surface area contributed by atoms with Gasteiger partial charge in [-0.1, -0.05) is 6.92 Å². The van der Waals surface area contributed by atoms with Gasteiger partial charge in [-0.15, -0.1) is 0 Å². The molecule has 120 valence electrons. The van der Waals surface area contributed by atoms with Crippen LogP contribution in [0.1, 0.15) is 37.8 Å². The fourth-order valence-corrected chi connectivity index (χ4v) is 2.16. The minimum Gasteiger partial charge on any atom is -0.496 e. The first-order valence-electron chi connectivity index (χ1n) is 7.18. The lowest BCUT2D eigenvalue weighted by atomic mass is 9.98. The number of benzene rings is 1. The van der Waals surface area contributed by atoms with E-state index in [2.05, 4.69) is 0 Å². The Morgan fingerprint density at radius 2 is 1.67 bits per heavy atom. The van der Waals surface area contributed by atoms with Crippen molar-refractivity contribution < 1.29 is 18.3 Å². The molecule has 0 heterocycles. The largest absolute Gasteiger partial charge is 0.496 e. The van der Waals surface area contributed by atoms with Crippen molar-refractivity contribution in [2.45, 2.75) is 51.5 Å². The van der Waals surface area contributed by atoms with E-state index in [9.17, 15) is 8.78 Å². The van der Waals surface area contributed by atoms with Crippen LogP contribution in [0.4, 0.5) is 8.78 Å². The topological polar surface area (TPSA) is 44.5 Å². The minimum absolute atomic E-state index is 0.0365. The predicted molar refractivity (Wildman–Crippen MR) is 80.5 cm³/mol. The molecule has 1 aromatic carbocycles. The van der Waals surface area contributed by atoms with Crippen molar-refractivity contribution in [2.24, 2.45) is 5.73 Å². The smallest absolute Gasteiger partial charge is 0.245 e. The SMILES string of the molecule is CCC(N)Cc1cc(OC)c(CCC(C)(F)F)cc1OC. The Labute approximate surface area is 125 Å². The van der Waals surface area contributed by atoms with Gasteiger partial charge in [-0.05, 0) is 49.4 Å². The average Bonchev–Trinajstić information content (AvgIpc) is 2.44. The van der Waals surface area contributed by atoms with Crippen molar-refractivity contribution >= 4 is 0 Å². The van der Waals surface area contributed by atoms with Gasteiger partial charge in [0.25, 0.3) is 0 Å². The summed E-state index contributed by atoms with van der Waals surface area (Å²) in [5.74, 6) is -1.41. The molecule has 3 nitrogen and oxygen atoms in total. The van der Waals surface area contributed by atoms with E-state index in [1.165, 1.54) is 0 Å². The zero-order chi connectivity index (χ0) is 16.0. The van der Waals surface area contributed by atoms with Crippen molar-refractivity contribution in [1.29, 1.82) is 0 Å². The Hall–Kier alpha value is -1.36. The van der Waals surface area contributed by atoms with Gasteiger partial charge >= 0.3 is 0 Å². The minimum atomic E-state index is -2.69. The number of halogens is 2. The Morgan fingerprint density at radius 3 is 2.14 bits per heavy atom. The lowest BCUT2D eigenvalue weighted by molar-refractivity contribution is 0.0132. The third-order valence-electron chi connectivity index (χ3n) is 3.52. The van der Waals surface area contributed by atoms with Gasteiger partial charge < -0.3 is 15.2 Å². The lowest BCUT2D eigenvalue weighted by Gasteiger charge is -2.18. The lowest BCUT2D eigenvalue weighted by Crippen LogP contribution is -2.21. The molecule has 2 N–H and O–H groups in total. The summed E-state index contributed by atoms with van der Waals surface area (Å²) < 4.78 is 36.8. The number of rotatable bonds is 8. The van der Waals surface area contributed by atoms with E-state index in [1.54, 1.807) is 20.3 Å². The van der Waals surface area contributed by atoms with Crippen LogP contribution in [0.15, 0.2) is 12.1 Å². The summed E-state index contributed by atoms with van der Waals surface area (Å²) in [5, 5.41) is 0. The highest BCUT2D eigenvalue weighted by molar-refractivity contribution is 5.47. The van der Waals surface area contributed by atoms with Gasteiger partial charge in [0.1, 0.15) is 11.5 Å². The third kappa shape index (κ3) is 5.50. The van der Waals surface area contributed by atoms with Crippen molar-refractivity contribution in [1.82, 2.24) is 0 Å². The van der Waals surface area contributed by atoms with Crippen LogP contribution in [0.25, 0.3) is 0 Å². The van der Waals surface area contributed by atoms with E-state index >= 15 is 0 Å². The molecular weight excluding hydrogens is 276 g/mol. The van der Waals surface area contributed by atoms with E-state index in [0.717, 1.165) is 24.5 Å². The molecule has 0 saturated carbocycles. The molecule has 0 bridgehead atoms. The van der Waals surface area contributed by atoms with Gasteiger partial charge in [-0.3, -0.25) is 0 Å². The summed E-state index contributed by atoms with van der Waals surface area (Å²) in [6.45, 7) is 2.94. The summed E-state index contributed by atoms with van der Waals surface area (Å²) in [6.07, 6.45) is 1.54. The predicted octanol–water partition coefficient (Wildman–Crippen LogP) is 3.57. The second kappa shape index (κ2) is 7.59. The fraction of sp³-hybridized carbons (Fsp3) is 0.625. The Morgan fingerprint density at radius 1 is 1.14 bits per heavy atom. The molecule has 0 aromatic heterocycles. The van der Waals surface area contributed by atoms with Crippen molar-refractivity contribution in [3.63, 3.8) is 0 Å². The molecule has 0 amide bonds. The molecule has 1 atom stereocenters. The van der Waals surface area contributed by atoms with Crippen LogP contribution in [0.5, 0.6) is 11.5 Å². The molecule has 0 aliphatic carbocycles. The van der Waals surface area contributed by atoms with Gasteiger partial charge in [-0.2, -0.15) is 0 Å². The number of methoxy groups -OCH3 is 2. The second-order valence-corrected chi connectivity index (χ2v) is 5.42. The Balaban J connectivity index is 3.04. The highest BCUT2D eigenvalue weighted by Gasteiger charge is 2.22. The molecule has 0 aliphatic heterocycles. The number of aryl methyl sites for hydroxylation is 1. The standard InChI is InChI=1S/C16H25F2NO2/c1-5-13(19)8-12-10-14(20-3)11(9-15(12)21-4)6-7-16(2,17)18/h9-10,13H,5-8,19H2,1-4H3. The fourth-order valence-electron chi connectivity index (χ4n) is 2.16. The monoisotopic (exact) mass is 301 g/mol. The number of hydrogen-bond acceptors (Lipinski definition) is 3. The summed E-state index contributed by atoms with van der Waals surface area (Å²) >= 11 is 0. The Bertz CT molecular complexity index is 458. The molecule has 1 aromatic rings. The van der Waals surface area contributed by atoms with E-state index < -0.39 is 5.92 Å². The number of ether oxygens (including phenoxy) is 2. The first-order valence-corrected chi connectivity index (χ1v) is 7.18. The molecule has 0 aliphatic rings. The van der Waals surface area contributed by atoms with Gasteiger partial charge in [0, 0.05) is 12.5 Å². The maximum atomic E-state index is 13.0. The molecule has 0 radical (unpaired) electrons. The highest BCUT2D eigenvalue weighted by atomic mass is 19.3.